The Balaban J connectivity index is 1.42. The molecule has 1 aliphatic heterocycles. The maximum atomic E-state index is 12.3. The van der Waals surface area contributed by atoms with Crippen molar-refractivity contribution < 1.29 is 4.79 Å². The summed E-state index contributed by atoms with van der Waals surface area (Å²) in [4.78, 5) is 18.7. The van der Waals surface area contributed by atoms with E-state index in [-0.39, 0.29) is 11.8 Å². The number of likely N-dealkylation sites (tertiary alicyclic amines) is 1. The summed E-state index contributed by atoms with van der Waals surface area (Å²) in [6, 6.07) is 11.7. The fraction of sp³-hybridized carbons (Fsp3) is 0.368. The second kappa shape index (κ2) is 8.27. The second-order valence-electron chi connectivity index (χ2n) is 6.22. The summed E-state index contributed by atoms with van der Waals surface area (Å²) in [5.41, 5.74) is 2.12. The van der Waals surface area contributed by atoms with Crippen LogP contribution in [0.15, 0.2) is 48.8 Å². The molecule has 1 N–H and O–H groups in total. The monoisotopic (exact) mass is 343 g/mol. The number of piperidine rings is 1. The Kier molecular flexibility index (Phi) is 5.83. The van der Waals surface area contributed by atoms with Crippen LogP contribution in [0.5, 0.6) is 0 Å². The van der Waals surface area contributed by atoms with Crippen molar-refractivity contribution in [2.24, 2.45) is 5.92 Å². The Morgan fingerprint density at radius 2 is 1.79 bits per heavy atom. The lowest BCUT2D eigenvalue weighted by molar-refractivity contribution is -0.121. The van der Waals surface area contributed by atoms with E-state index in [0.29, 0.717) is 0 Å². The third-order valence-electron chi connectivity index (χ3n) is 4.54. The van der Waals surface area contributed by atoms with E-state index < -0.39 is 0 Å². The molecule has 2 aromatic rings. The zero-order valence-electron chi connectivity index (χ0n) is 13.6. The molecule has 0 aliphatic carbocycles. The van der Waals surface area contributed by atoms with Crippen molar-refractivity contribution in [1.82, 2.24) is 9.88 Å². The third kappa shape index (κ3) is 4.79. The number of hydrogen-bond donors (Lipinski definition) is 1. The molecule has 1 amide bonds. The average Bonchev–Trinajstić information content (AvgIpc) is 2.62. The molecule has 5 heteroatoms. The van der Waals surface area contributed by atoms with Crippen LogP contribution < -0.4 is 5.32 Å². The number of pyridine rings is 1. The molecule has 126 valence electrons. The fourth-order valence-electron chi connectivity index (χ4n) is 3.04. The number of rotatable bonds is 5. The smallest absolute Gasteiger partial charge is 0.227 e. The van der Waals surface area contributed by atoms with Gasteiger partial charge in [0.05, 0.1) is 0 Å². The topological polar surface area (TPSA) is 45.2 Å². The van der Waals surface area contributed by atoms with Crippen LogP contribution in [0.4, 0.5) is 5.69 Å². The average molecular weight is 344 g/mol. The predicted molar refractivity (Wildman–Crippen MR) is 97.2 cm³/mol. The summed E-state index contributed by atoms with van der Waals surface area (Å²) >= 11 is 5.91. The van der Waals surface area contributed by atoms with Gasteiger partial charge in [0.25, 0.3) is 0 Å². The number of nitrogens with zero attached hydrogens (tertiary/aromatic N) is 2. The molecule has 0 saturated carbocycles. The van der Waals surface area contributed by atoms with Crippen molar-refractivity contribution in [2.45, 2.75) is 19.3 Å². The lowest BCUT2D eigenvalue weighted by Crippen LogP contribution is -2.39. The van der Waals surface area contributed by atoms with Crippen LogP contribution in [0.2, 0.25) is 5.02 Å². The third-order valence-corrected chi connectivity index (χ3v) is 4.79. The first-order valence-electron chi connectivity index (χ1n) is 8.38. The van der Waals surface area contributed by atoms with E-state index >= 15 is 0 Å². The number of amides is 1. The van der Waals surface area contributed by atoms with Crippen LogP contribution in [-0.4, -0.2) is 35.4 Å². The van der Waals surface area contributed by atoms with Gasteiger partial charge in [0.2, 0.25) is 5.91 Å². The van der Waals surface area contributed by atoms with E-state index in [2.05, 4.69) is 27.3 Å². The first kappa shape index (κ1) is 16.9. The Bertz CT molecular complexity index is 652. The van der Waals surface area contributed by atoms with E-state index in [1.807, 2.05) is 24.3 Å². The maximum Gasteiger partial charge on any atom is 0.227 e. The first-order chi connectivity index (χ1) is 11.7. The molecule has 0 radical (unpaired) electrons. The summed E-state index contributed by atoms with van der Waals surface area (Å²) in [5, 5.41) is 3.76. The maximum absolute atomic E-state index is 12.3. The lowest BCUT2D eigenvalue weighted by Gasteiger charge is -2.31. The molecule has 1 aromatic heterocycles. The van der Waals surface area contributed by atoms with Gasteiger partial charge < -0.3 is 10.2 Å². The molecular weight excluding hydrogens is 322 g/mol. The summed E-state index contributed by atoms with van der Waals surface area (Å²) < 4.78 is 0. The summed E-state index contributed by atoms with van der Waals surface area (Å²) in [6.07, 6.45) is 6.23. The van der Waals surface area contributed by atoms with Crippen molar-refractivity contribution in [3.8, 4) is 0 Å². The van der Waals surface area contributed by atoms with Gasteiger partial charge in [0.15, 0.2) is 0 Å². The Morgan fingerprint density at radius 1 is 1.12 bits per heavy atom. The van der Waals surface area contributed by atoms with Gasteiger partial charge in [-0.05, 0) is 62.2 Å². The molecule has 0 unspecified atom stereocenters. The molecular formula is C19H22ClN3O. The highest BCUT2D eigenvalue weighted by molar-refractivity contribution is 6.30. The van der Waals surface area contributed by atoms with Crippen molar-refractivity contribution in [3.05, 3.63) is 59.4 Å². The molecule has 1 aromatic carbocycles. The van der Waals surface area contributed by atoms with Gasteiger partial charge in [-0.15, -0.1) is 0 Å². The molecule has 4 nitrogen and oxygen atoms in total. The molecule has 3 rings (SSSR count). The molecule has 1 fully saturated rings. The van der Waals surface area contributed by atoms with Crippen molar-refractivity contribution in [1.29, 1.82) is 0 Å². The van der Waals surface area contributed by atoms with E-state index in [9.17, 15) is 4.79 Å². The number of anilines is 1. The standard InChI is InChI=1S/C19H22ClN3O/c20-17-3-1-15(2-4-17)7-12-23-13-8-16(9-14-23)19(24)22-18-5-10-21-11-6-18/h1-6,10-11,16H,7-9,12-14H2,(H,21,22,24). The van der Waals surface area contributed by atoms with Gasteiger partial charge >= 0.3 is 0 Å². The zero-order chi connectivity index (χ0) is 16.8. The van der Waals surface area contributed by atoms with Crippen molar-refractivity contribution in [2.75, 3.05) is 25.0 Å². The predicted octanol–water partition coefficient (Wildman–Crippen LogP) is 3.63. The van der Waals surface area contributed by atoms with Gasteiger partial charge in [-0.25, -0.2) is 0 Å². The molecule has 2 heterocycles. The van der Waals surface area contributed by atoms with Gasteiger partial charge in [0, 0.05) is 35.6 Å². The Morgan fingerprint density at radius 3 is 2.46 bits per heavy atom. The minimum atomic E-state index is 0.102. The first-order valence-corrected chi connectivity index (χ1v) is 8.76. The Hall–Kier alpha value is -1.91. The number of halogens is 1. The van der Waals surface area contributed by atoms with E-state index in [1.54, 1.807) is 12.4 Å². The van der Waals surface area contributed by atoms with Gasteiger partial charge in [-0.3, -0.25) is 9.78 Å². The van der Waals surface area contributed by atoms with Crippen LogP contribution in [0.3, 0.4) is 0 Å². The molecule has 0 bridgehead atoms. The highest BCUT2D eigenvalue weighted by atomic mass is 35.5. The summed E-state index contributed by atoms with van der Waals surface area (Å²) in [6.45, 7) is 2.98. The normalized spacial score (nSPS) is 16.0. The molecule has 1 saturated heterocycles. The number of nitrogens with one attached hydrogen (secondary N) is 1. The summed E-state index contributed by atoms with van der Waals surface area (Å²) in [5.74, 6) is 0.225. The minimum Gasteiger partial charge on any atom is -0.326 e. The Labute approximate surface area is 147 Å². The number of carbonyl (C=O) groups excluding carboxylic acids is 1. The molecule has 0 atom stereocenters. The fourth-order valence-corrected chi connectivity index (χ4v) is 3.16. The SMILES string of the molecule is O=C(Nc1ccncc1)C1CCN(CCc2ccc(Cl)cc2)CC1. The van der Waals surface area contributed by atoms with Crippen LogP contribution in [0.1, 0.15) is 18.4 Å². The second-order valence-corrected chi connectivity index (χ2v) is 6.65. The lowest BCUT2D eigenvalue weighted by atomic mass is 9.95. The summed E-state index contributed by atoms with van der Waals surface area (Å²) in [7, 11) is 0. The van der Waals surface area contributed by atoms with Gasteiger partial charge in [-0.2, -0.15) is 0 Å². The van der Waals surface area contributed by atoms with Crippen LogP contribution in [0, 0.1) is 5.92 Å². The number of benzene rings is 1. The quantitative estimate of drug-likeness (QED) is 0.901. The van der Waals surface area contributed by atoms with E-state index in [1.165, 1.54) is 5.56 Å². The van der Waals surface area contributed by atoms with E-state index in [0.717, 1.165) is 49.6 Å². The molecule has 1 aliphatic rings. The molecule has 0 spiro atoms. The number of hydrogen-bond acceptors (Lipinski definition) is 3. The highest BCUT2D eigenvalue weighted by Crippen LogP contribution is 2.20. The van der Waals surface area contributed by atoms with Crippen LogP contribution in [-0.2, 0) is 11.2 Å². The number of aromatic nitrogens is 1. The van der Waals surface area contributed by atoms with Crippen LogP contribution in [0.25, 0.3) is 0 Å². The zero-order valence-corrected chi connectivity index (χ0v) is 14.4. The minimum absolute atomic E-state index is 0.102. The largest absolute Gasteiger partial charge is 0.326 e. The van der Waals surface area contributed by atoms with Crippen LogP contribution >= 0.6 is 11.6 Å². The van der Waals surface area contributed by atoms with E-state index in [4.69, 9.17) is 11.6 Å². The molecule has 24 heavy (non-hydrogen) atoms. The van der Waals surface area contributed by atoms with Gasteiger partial charge in [0.1, 0.15) is 0 Å². The van der Waals surface area contributed by atoms with Gasteiger partial charge in [-0.1, -0.05) is 23.7 Å². The highest BCUT2D eigenvalue weighted by Gasteiger charge is 2.24. The van der Waals surface area contributed by atoms with Crippen molar-refractivity contribution in [3.63, 3.8) is 0 Å². The van der Waals surface area contributed by atoms with Crippen molar-refractivity contribution >= 4 is 23.2 Å². The number of carbonyl (C=O) groups is 1.